The maximum atomic E-state index is 12.5. The van der Waals surface area contributed by atoms with Gasteiger partial charge in [-0.15, -0.1) is 0 Å². The van der Waals surface area contributed by atoms with Gasteiger partial charge in [0.05, 0.1) is 13.0 Å². The van der Waals surface area contributed by atoms with Crippen LogP contribution in [0.1, 0.15) is 31.4 Å². The van der Waals surface area contributed by atoms with Gasteiger partial charge in [-0.25, -0.2) is 4.79 Å². The maximum Gasteiger partial charge on any atom is 0.344 e. The van der Waals surface area contributed by atoms with Crippen molar-refractivity contribution in [2.45, 2.75) is 39.2 Å². The molecule has 3 rings (SSSR count). The topological polar surface area (TPSA) is 102 Å². The Bertz CT molecular complexity index is 832. The van der Waals surface area contributed by atoms with Gasteiger partial charge in [0.15, 0.2) is 0 Å². The first kappa shape index (κ1) is 21.8. The van der Waals surface area contributed by atoms with Crippen LogP contribution in [-0.2, 0) is 20.8 Å². The minimum absolute atomic E-state index is 0.0554. The molecule has 9 nitrogen and oxygen atoms in total. The van der Waals surface area contributed by atoms with Crippen LogP contribution in [0.2, 0.25) is 0 Å². The Hall–Kier alpha value is -2.94. The lowest BCUT2D eigenvalue weighted by molar-refractivity contribution is -0.139. The molecule has 1 unspecified atom stereocenters. The summed E-state index contributed by atoms with van der Waals surface area (Å²) in [5, 5.41) is 3.35. The SMILES string of the molecule is CCC1(C)NC(=O)N(NC(=O)CN2CCN(C(=O)Cc3ccc(C)cc3)CC2)C1=O. The number of amides is 5. The molecule has 2 aliphatic rings. The van der Waals surface area contributed by atoms with Crippen molar-refractivity contribution in [3.05, 3.63) is 35.4 Å². The van der Waals surface area contributed by atoms with Gasteiger partial charge in [-0.05, 0) is 25.8 Å². The van der Waals surface area contributed by atoms with Crippen molar-refractivity contribution in [2.24, 2.45) is 0 Å². The Kier molecular flexibility index (Phi) is 6.40. The molecule has 2 heterocycles. The highest BCUT2D eigenvalue weighted by Crippen LogP contribution is 2.19. The number of benzene rings is 1. The second-order valence-electron chi connectivity index (χ2n) is 8.11. The van der Waals surface area contributed by atoms with E-state index in [0.717, 1.165) is 16.1 Å². The van der Waals surface area contributed by atoms with Crippen LogP contribution in [0.5, 0.6) is 0 Å². The fourth-order valence-corrected chi connectivity index (χ4v) is 3.54. The molecule has 1 aromatic carbocycles. The molecule has 0 spiro atoms. The van der Waals surface area contributed by atoms with Gasteiger partial charge in [0, 0.05) is 26.2 Å². The van der Waals surface area contributed by atoms with E-state index in [-0.39, 0.29) is 12.5 Å². The quantitative estimate of drug-likeness (QED) is 0.656. The van der Waals surface area contributed by atoms with E-state index >= 15 is 0 Å². The summed E-state index contributed by atoms with van der Waals surface area (Å²) in [6.07, 6.45) is 0.797. The predicted molar refractivity (Wildman–Crippen MR) is 110 cm³/mol. The summed E-state index contributed by atoms with van der Waals surface area (Å²) in [5.74, 6) is -0.825. The first-order chi connectivity index (χ1) is 14.2. The Morgan fingerprint density at radius 2 is 1.73 bits per heavy atom. The highest BCUT2D eigenvalue weighted by atomic mass is 16.2. The zero-order valence-corrected chi connectivity index (χ0v) is 17.7. The maximum absolute atomic E-state index is 12.5. The highest BCUT2D eigenvalue weighted by Gasteiger charge is 2.47. The molecule has 9 heteroatoms. The number of hydrogen-bond donors (Lipinski definition) is 2. The third kappa shape index (κ3) is 4.79. The van der Waals surface area contributed by atoms with E-state index in [1.807, 2.05) is 36.1 Å². The minimum Gasteiger partial charge on any atom is -0.340 e. The lowest BCUT2D eigenvalue weighted by Gasteiger charge is -2.34. The molecule has 0 aliphatic carbocycles. The number of piperazine rings is 1. The summed E-state index contributed by atoms with van der Waals surface area (Å²) in [4.78, 5) is 52.9. The Morgan fingerprint density at radius 1 is 1.10 bits per heavy atom. The molecule has 1 aromatic rings. The summed E-state index contributed by atoms with van der Waals surface area (Å²) in [7, 11) is 0. The molecule has 0 saturated carbocycles. The average Bonchev–Trinajstić information content (AvgIpc) is 2.93. The fourth-order valence-electron chi connectivity index (χ4n) is 3.54. The van der Waals surface area contributed by atoms with Crippen molar-refractivity contribution in [1.82, 2.24) is 25.6 Å². The molecule has 0 radical (unpaired) electrons. The molecule has 2 fully saturated rings. The van der Waals surface area contributed by atoms with Gasteiger partial charge in [-0.1, -0.05) is 36.8 Å². The molecule has 162 valence electrons. The molecule has 0 bridgehead atoms. The molecule has 5 amide bonds. The van der Waals surface area contributed by atoms with E-state index in [9.17, 15) is 19.2 Å². The third-order valence-electron chi connectivity index (χ3n) is 5.77. The zero-order chi connectivity index (χ0) is 21.9. The molecule has 2 N–H and O–H groups in total. The second kappa shape index (κ2) is 8.83. The van der Waals surface area contributed by atoms with Gasteiger partial charge in [0.2, 0.25) is 5.91 Å². The number of hydrogen-bond acceptors (Lipinski definition) is 5. The van der Waals surface area contributed by atoms with Crippen molar-refractivity contribution >= 4 is 23.8 Å². The molecule has 0 aromatic heterocycles. The first-order valence-corrected chi connectivity index (χ1v) is 10.2. The van der Waals surface area contributed by atoms with Crippen molar-refractivity contribution in [3.8, 4) is 0 Å². The highest BCUT2D eigenvalue weighted by molar-refractivity contribution is 6.07. The monoisotopic (exact) mass is 415 g/mol. The van der Waals surface area contributed by atoms with Gasteiger partial charge >= 0.3 is 6.03 Å². The molecule has 2 saturated heterocycles. The van der Waals surface area contributed by atoms with E-state index < -0.39 is 23.4 Å². The van der Waals surface area contributed by atoms with Crippen LogP contribution < -0.4 is 10.7 Å². The number of imide groups is 1. The smallest absolute Gasteiger partial charge is 0.340 e. The van der Waals surface area contributed by atoms with Crippen LogP contribution in [0, 0.1) is 6.92 Å². The van der Waals surface area contributed by atoms with E-state index in [1.165, 1.54) is 0 Å². The fraction of sp³-hybridized carbons (Fsp3) is 0.524. The van der Waals surface area contributed by atoms with Crippen molar-refractivity contribution in [3.63, 3.8) is 0 Å². The first-order valence-electron chi connectivity index (χ1n) is 10.2. The molecular formula is C21H29N5O4. The summed E-state index contributed by atoms with van der Waals surface area (Å²) >= 11 is 0. The normalized spacial score (nSPS) is 22.2. The summed E-state index contributed by atoms with van der Waals surface area (Å²) in [6, 6.07) is 7.30. The van der Waals surface area contributed by atoms with Crippen LogP contribution in [0.4, 0.5) is 4.79 Å². The lowest BCUT2D eigenvalue weighted by atomic mass is 10.00. The predicted octanol–water partition coefficient (Wildman–Crippen LogP) is 0.433. The number of carbonyl (C=O) groups is 4. The molecule has 30 heavy (non-hydrogen) atoms. The lowest BCUT2D eigenvalue weighted by Crippen LogP contribution is -2.54. The van der Waals surface area contributed by atoms with Crippen molar-refractivity contribution in [1.29, 1.82) is 0 Å². The van der Waals surface area contributed by atoms with E-state index in [2.05, 4.69) is 10.7 Å². The Labute approximate surface area is 176 Å². The van der Waals surface area contributed by atoms with Gasteiger partial charge in [0.25, 0.3) is 11.8 Å². The van der Waals surface area contributed by atoms with Gasteiger partial charge < -0.3 is 10.2 Å². The number of hydrazine groups is 1. The number of aryl methyl sites for hydroxylation is 1. The van der Waals surface area contributed by atoms with Gasteiger partial charge in [-0.2, -0.15) is 5.01 Å². The summed E-state index contributed by atoms with van der Waals surface area (Å²) in [5.41, 5.74) is 3.55. The zero-order valence-electron chi connectivity index (χ0n) is 17.7. The van der Waals surface area contributed by atoms with Crippen LogP contribution in [0.25, 0.3) is 0 Å². The molecule has 1 atom stereocenters. The largest absolute Gasteiger partial charge is 0.344 e. The minimum atomic E-state index is -0.992. The van der Waals surface area contributed by atoms with Crippen LogP contribution in [-0.4, -0.2) is 76.8 Å². The number of carbonyl (C=O) groups excluding carboxylic acids is 4. The van der Waals surface area contributed by atoms with Crippen molar-refractivity contribution < 1.29 is 19.2 Å². The van der Waals surface area contributed by atoms with Crippen LogP contribution >= 0.6 is 0 Å². The number of rotatable bonds is 6. The average molecular weight is 415 g/mol. The van der Waals surface area contributed by atoms with Crippen LogP contribution in [0.3, 0.4) is 0 Å². The molecular weight excluding hydrogens is 386 g/mol. The summed E-state index contributed by atoms with van der Waals surface area (Å²) < 4.78 is 0. The van der Waals surface area contributed by atoms with Crippen molar-refractivity contribution in [2.75, 3.05) is 32.7 Å². The van der Waals surface area contributed by atoms with Gasteiger partial charge in [-0.3, -0.25) is 24.7 Å². The van der Waals surface area contributed by atoms with Gasteiger partial charge in [0.1, 0.15) is 5.54 Å². The number of nitrogens with zero attached hydrogens (tertiary/aromatic N) is 3. The Morgan fingerprint density at radius 3 is 2.30 bits per heavy atom. The van der Waals surface area contributed by atoms with E-state index in [1.54, 1.807) is 18.7 Å². The molecule has 2 aliphatic heterocycles. The second-order valence-corrected chi connectivity index (χ2v) is 8.11. The Balaban J connectivity index is 1.44. The third-order valence-corrected chi connectivity index (χ3v) is 5.77. The van der Waals surface area contributed by atoms with E-state index in [4.69, 9.17) is 0 Å². The number of nitrogens with one attached hydrogen (secondary N) is 2. The number of urea groups is 1. The van der Waals surface area contributed by atoms with Crippen LogP contribution in [0.15, 0.2) is 24.3 Å². The summed E-state index contributed by atoms with van der Waals surface area (Å²) in [6.45, 7) is 7.68. The van der Waals surface area contributed by atoms with E-state index in [0.29, 0.717) is 39.0 Å². The standard InChI is InChI=1S/C21H29N5O4/c1-4-21(3)19(29)26(20(30)22-21)23-17(27)14-24-9-11-25(12-10-24)18(28)13-16-7-5-15(2)6-8-16/h5-8H,4,9-14H2,1-3H3,(H,22,30)(H,23,27).